The molecule has 1 heterocycles. The van der Waals surface area contributed by atoms with E-state index in [0.29, 0.717) is 28.1 Å². The van der Waals surface area contributed by atoms with Gasteiger partial charge >= 0.3 is 0 Å². The number of benzene rings is 1. The lowest BCUT2D eigenvalue weighted by molar-refractivity contribution is 0.404. The summed E-state index contributed by atoms with van der Waals surface area (Å²) in [5.41, 5.74) is 0.502. The van der Waals surface area contributed by atoms with Crippen LogP contribution in [0.3, 0.4) is 0 Å². The Morgan fingerprint density at radius 3 is 2.80 bits per heavy atom. The van der Waals surface area contributed by atoms with Gasteiger partial charge < -0.3 is 14.8 Å². The molecule has 6 heteroatoms. The second-order valence-corrected chi connectivity index (χ2v) is 4.87. The van der Waals surface area contributed by atoms with Gasteiger partial charge in [-0.3, -0.25) is 0 Å². The smallest absolute Gasteiger partial charge is 0.256 e. The Hall–Kier alpha value is -1.66. The summed E-state index contributed by atoms with van der Waals surface area (Å²) < 4.78 is 25.4. The molecule has 0 saturated heterocycles. The molecule has 0 aliphatic carbocycles. The first-order valence-electron chi connectivity index (χ1n) is 5.95. The molecule has 0 unspecified atom stereocenters. The van der Waals surface area contributed by atoms with Crippen LogP contribution in [0.15, 0.2) is 34.9 Å². The Balaban J connectivity index is 2.28. The minimum Gasteiger partial charge on any atom is -0.497 e. The zero-order valence-electron chi connectivity index (χ0n) is 11.1. The normalized spacial score (nSPS) is 10.4. The highest BCUT2D eigenvalue weighted by Crippen LogP contribution is 2.33. The number of ether oxygens (including phenoxy) is 2. The Bertz CT molecular complexity index is 608. The molecule has 0 amide bonds. The third-order valence-electron chi connectivity index (χ3n) is 2.65. The van der Waals surface area contributed by atoms with E-state index in [-0.39, 0.29) is 5.88 Å². The van der Waals surface area contributed by atoms with Gasteiger partial charge in [-0.25, -0.2) is 9.37 Å². The summed E-state index contributed by atoms with van der Waals surface area (Å²) in [6.07, 6.45) is 1.52. The van der Waals surface area contributed by atoms with Crippen LogP contribution in [0.5, 0.6) is 17.4 Å². The van der Waals surface area contributed by atoms with Crippen molar-refractivity contribution in [1.82, 2.24) is 10.3 Å². The van der Waals surface area contributed by atoms with E-state index in [1.54, 1.807) is 38.4 Å². The molecule has 4 nitrogen and oxygen atoms in total. The fourth-order valence-corrected chi connectivity index (χ4v) is 2.09. The number of nitrogens with zero attached hydrogens (tertiary/aromatic N) is 1. The molecular weight excluding hydrogens is 327 g/mol. The van der Waals surface area contributed by atoms with Crippen LogP contribution in [0, 0.1) is 5.82 Å². The van der Waals surface area contributed by atoms with E-state index < -0.39 is 5.82 Å². The number of hydrogen-bond acceptors (Lipinski definition) is 4. The highest BCUT2D eigenvalue weighted by Gasteiger charge is 2.13. The van der Waals surface area contributed by atoms with Gasteiger partial charge in [0, 0.05) is 18.3 Å². The van der Waals surface area contributed by atoms with Crippen LogP contribution in [0.25, 0.3) is 0 Å². The largest absolute Gasteiger partial charge is 0.497 e. The summed E-state index contributed by atoms with van der Waals surface area (Å²) in [6.45, 7) is 0.411. The van der Waals surface area contributed by atoms with Crippen LogP contribution >= 0.6 is 15.9 Å². The van der Waals surface area contributed by atoms with Gasteiger partial charge in [-0.2, -0.15) is 0 Å². The van der Waals surface area contributed by atoms with Crippen molar-refractivity contribution in [3.8, 4) is 17.4 Å². The third kappa shape index (κ3) is 3.26. The maximum Gasteiger partial charge on any atom is 0.256 e. The quantitative estimate of drug-likeness (QED) is 0.904. The van der Waals surface area contributed by atoms with E-state index in [9.17, 15) is 4.39 Å². The van der Waals surface area contributed by atoms with Gasteiger partial charge in [0.1, 0.15) is 11.5 Å². The van der Waals surface area contributed by atoms with Crippen LogP contribution in [-0.4, -0.2) is 19.1 Å². The van der Waals surface area contributed by atoms with Crippen LogP contribution < -0.4 is 14.8 Å². The molecule has 1 aromatic heterocycles. The lowest BCUT2D eigenvalue weighted by Crippen LogP contribution is -2.08. The summed E-state index contributed by atoms with van der Waals surface area (Å²) in [7, 11) is 3.32. The zero-order chi connectivity index (χ0) is 14.5. The Labute approximate surface area is 125 Å². The number of pyridine rings is 1. The van der Waals surface area contributed by atoms with E-state index in [1.807, 2.05) is 0 Å². The monoisotopic (exact) mass is 340 g/mol. The fourth-order valence-electron chi connectivity index (χ4n) is 1.66. The predicted molar refractivity (Wildman–Crippen MR) is 77.7 cm³/mol. The van der Waals surface area contributed by atoms with E-state index in [2.05, 4.69) is 26.2 Å². The van der Waals surface area contributed by atoms with Crippen molar-refractivity contribution in [3.05, 3.63) is 46.3 Å². The highest BCUT2D eigenvalue weighted by atomic mass is 79.9. The van der Waals surface area contributed by atoms with Crippen LogP contribution in [-0.2, 0) is 6.54 Å². The average molecular weight is 341 g/mol. The van der Waals surface area contributed by atoms with Crippen molar-refractivity contribution in [2.45, 2.75) is 6.54 Å². The van der Waals surface area contributed by atoms with E-state index in [0.717, 1.165) is 0 Å². The van der Waals surface area contributed by atoms with Gasteiger partial charge in [-0.05, 0) is 47.2 Å². The van der Waals surface area contributed by atoms with Crippen LogP contribution in [0.2, 0.25) is 0 Å². The van der Waals surface area contributed by atoms with Crippen molar-refractivity contribution >= 4 is 15.9 Å². The average Bonchev–Trinajstić information content (AvgIpc) is 2.45. The Morgan fingerprint density at radius 2 is 2.15 bits per heavy atom. The summed E-state index contributed by atoms with van der Waals surface area (Å²) >= 11 is 3.35. The molecule has 1 aromatic carbocycles. The summed E-state index contributed by atoms with van der Waals surface area (Å²) in [5, 5.41) is 2.89. The molecule has 106 valence electrons. The SMILES string of the molecule is CNCc1ccnc(Oc2ccc(OC)cc2Br)c1F. The standard InChI is InChI=1S/C14H14BrFN2O2/c1-17-8-9-5-6-18-14(13(9)16)20-12-4-3-10(19-2)7-11(12)15/h3-7,17H,8H2,1-2H3. The molecule has 0 saturated carbocycles. The predicted octanol–water partition coefficient (Wildman–Crippen LogP) is 3.50. The first kappa shape index (κ1) is 14.7. The summed E-state index contributed by atoms with van der Waals surface area (Å²) in [6, 6.07) is 6.77. The molecule has 0 spiro atoms. The topological polar surface area (TPSA) is 43.4 Å². The van der Waals surface area contributed by atoms with Crippen LogP contribution in [0.1, 0.15) is 5.56 Å². The van der Waals surface area contributed by atoms with Crippen molar-refractivity contribution in [2.75, 3.05) is 14.2 Å². The van der Waals surface area contributed by atoms with Gasteiger partial charge in [0.15, 0.2) is 5.82 Å². The van der Waals surface area contributed by atoms with E-state index in [1.165, 1.54) is 6.20 Å². The van der Waals surface area contributed by atoms with Gasteiger partial charge in [0.05, 0.1) is 11.6 Å². The van der Waals surface area contributed by atoms with Gasteiger partial charge in [-0.15, -0.1) is 0 Å². The van der Waals surface area contributed by atoms with Crippen molar-refractivity contribution < 1.29 is 13.9 Å². The molecule has 2 rings (SSSR count). The first-order valence-corrected chi connectivity index (χ1v) is 6.74. The molecular formula is C14H14BrFN2O2. The molecule has 0 aliphatic rings. The third-order valence-corrected chi connectivity index (χ3v) is 3.27. The van der Waals surface area contributed by atoms with Gasteiger partial charge in [0.2, 0.25) is 0 Å². The van der Waals surface area contributed by atoms with Crippen molar-refractivity contribution in [2.24, 2.45) is 0 Å². The maximum absolute atomic E-state index is 14.2. The van der Waals surface area contributed by atoms with Crippen molar-refractivity contribution in [3.63, 3.8) is 0 Å². The first-order chi connectivity index (χ1) is 9.65. The molecule has 2 aromatic rings. The van der Waals surface area contributed by atoms with E-state index in [4.69, 9.17) is 9.47 Å². The van der Waals surface area contributed by atoms with Gasteiger partial charge in [-0.1, -0.05) is 0 Å². The summed E-state index contributed by atoms with van der Waals surface area (Å²) in [5.74, 6) is 0.633. The van der Waals surface area contributed by atoms with Crippen molar-refractivity contribution in [1.29, 1.82) is 0 Å². The minimum atomic E-state index is -0.468. The molecule has 0 atom stereocenters. The number of methoxy groups -OCH3 is 1. The molecule has 1 N–H and O–H groups in total. The second kappa shape index (κ2) is 6.67. The van der Waals surface area contributed by atoms with Crippen LogP contribution in [0.4, 0.5) is 4.39 Å². The minimum absolute atomic E-state index is 0.0522. The number of hydrogen-bond donors (Lipinski definition) is 1. The molecule has 20 heavy (non-hydrogen) atoms. The maximum atomic E-state index is 14.2. The lowest BCUT2D eigenvalue weighted by atomic mass is 10.2. The van der Waals surface area contributed by atoms with Gasteiger partial charge in [0.25, 0.3) is 5.88 Å². The highest BCUT2D eigenvalue weighted by molar-refractivity contribution is 9.10. The van der Waals surface area contributed by atoms with E-state index >= 15 is 0 Å². The molecule has 0 radical (unpaired) electrons. The fraction of sp³-hybridized carbons (Fsp3) is 0.214. The number of aromatic nitrogens is 1. The summed E-state index contributed by atoms with van der Waals surface area (Å²) in [4.78, 5) is 3.92. The second-order valence-electron chi connectivity index (χ2n) is 4.02. The number of nitrogens with one attached hydrogen (secondary N) is 1. The Morgan fingerprint density at radius 1 is 1.35 bits per heavy atom. The molecule has 0 fully saturated rings. The molecule has 0 aliphatic heterocycles. The number of halogens is 2. The Kier molecular flexibility index (Phi) is 4.92. The molecule has 0 bridgehead atoms. The number of rotatable bonds is 5. The zero-order valence-corrected chi connectivity index (χ0v) is 12.7. The lowest BCUT2D eigenvalue weighted by Gasteiger charge is -2.10.